The predicted molar refractivity (Wildman–Crippen MR) is 77.3 cm³/mol. The van der Waals surface area contributed by atoms with E-state index in [1.54, 1.807) is 12.1 Å². The van der Waals surface area contributed by atoms with Crippen LogP contribution in [0.2, 0.25) is 10.0 Å². The van der Waals surface area contributed by atoms with Crippen LogP contribution in [0.3, 0.4) is 0 Å². The van der Waals surface area contributed by atoms with E-state index in [0.717, 1.165) is 5.56 Å². The molecule has 0 unspecified atom stereocenters. The van der Waals surface area contributed by atoms with Crippen molar-refractivity contribution in [1.82, 2.24) is 0 Å². The zero-order chi connectivity index (χ0) is 14.0. The van der Waals surface area contributed by atoms with Gasteiger partial charge in [0.15, 0.2) is 0 Å². The molecule has 0 spiro atoms. The molecular formula is C14H11Cl2NO2. The molecule has 0 aliphatic heterocycles. The van der Waals surface area contributed by atoms with Crippen LogP contribution >= 0.6 is 23.2 Å². The third-order valence-corrected chi connectivity index (χ3v) is 3.20. The maximum atomic E-state index is 12.0. The zero-order valence-corrected chi connectivity index (χ0v) is 11.6. The molecule has 0 fully saturated rings. The molecule has 0 saturated heterocycles. The first kappa shape index (κ1) is 13.7. The number of phenols is 1. The summed E-state index contributed by atoms with van der Waals surface area (Å²) in [5.74, 6) is -0.403. The minimum Gasteiger partial charge on any atom is -0.506 e. The number of aryl methyl sites for hydroxylation is 1. The minimum atomic E-state index is -0.340. The lowest BCUT2D eigenvalue weighted by atomic mass is 10.2. The fraction of sp³-hybridized carbons (Fsp3) is 0.0714. The Bertz CT molecular complexity index is 641. The number of nitrogens with one attached hydrogen (secondary N) is 1. The van der Waals surface area contributed by atoms with E-state index in [0.29, 0.717) is 16.3 Å². The van der Waals surface area contributed by atoms with Gasteiger partial charge in [0.25, 0.3) is 5.91 Å². The monoisotopic (exact) mass is 295 g/mol. The quantitative estimate of drug-likeness (QED) is 0.870. The van der Waals surface area contributed by atoms with Gasteiger partial charge in [0.05, 0.1) is 15.7 Å². The Balaban J connectivity index is 2.23. The van der Waals surface area contributed by atoms with Crippen LogP contribution in [0.4, 0.5) is 5.69 Å². The Morgan fingerprint density at radius 1 is 1.11 bits per heavy atom. The van der Waals surface area contributed by atoms with E-state index in [2.05, 4.69) is 5.32 Å². The Hall–Kier alpha value is -1.71. The normalized spacial score (nSPS) is 10.3. The Morgan fingerprint density at radius 3 is 2.47 bits per heavy atom. The van der Waals surface area contributed by atoms with Gasteiger partial charge in [-0.3, -0.25) is 4.79 Å². The molecule has 0 saturated carbocycles. The summed E-state index contributed by atoms with van der Waals surface area (Å²) < 4.78 is 0. The average Bonchev–Trinajstić information content (AvgIpc) is 2.36. The van der Waals surface area contributed by atoms with Gasteiger partial charge < -0.3 is 10.4 Å². The number of carbonyl (C=O) groups excluding carboxylic acids is 1. The Morgan fingerprint density at radius 2 is 1.84 bits per heavy atom. The summed E-state index contributed by atoms with van der Waals surface area (Å²) in [4.78, 5) is 12.0. The van der Waals surface area contributed by atoms with Crippen molar-refractivity contribution in [2.75, 3.05) is 5.32 Å². The van der Waals surface area contributed by atoms with Crippen LogP contribution in [0.15, 0.2) is 36.4 Å². The number of benzene rings is 2. The van der Waals surface area contributed by atoms with E-state index >= 15 is 0 Å². The van der Waals surface area contributed by atoms with Gasteiger partial charge in [0.1, 0.15) is 5.75 Å². The second-order valence-electron chi connectivity index (χ2n) is 4.10. The smallest absolute Gasteiger partial charge is 0.255 e. The van der Waals surface area contributed by atoms with E-state index in [4.69, 9.17) is 23.2 Å². The molecule has 0 aliphatic rings. The number of carbonyl (C=O) groups is 1. The topological polar surface area (TPSA) is 49.3 Å². The zero-order valence-electron chi connectivity index (χ0n) is 10.1. The number of hydrogen-bond acceptors (Lipinski definition) is 2. The highest BCUT2D eigenvalue weighted by molar-refractivity contribution is 6.34. The highest BCUT2D eigenvalue weighted by atomic mass is 35.5. The summed E-state index contributed by atoms with van der Waals surface area (Å²) in [5.41, 5.74) is 1.89. The van der Waals surface area contributed by atoms with Crippen LogP contribution in [0.1, 0.15) is 15.9 Å². The number of anilines is 1. The Labute approximate surface area is 120 Å². The van der Waals surface area contributed by atoms with Gasteiger partial charge in [-0.2, -0.15) is 0 Å². The lowest BCUT2D eigenvalue weighted by molar-refractivity contribution is 0.102. The molecule has 98 valence electrons. The van der Waals surface area contributed by atoms with E-state index in [9.17, 15) is 9.90 Å². The van der Waals surface area contributed by atoms with Gasteiger partial charge in [-0.25, -0.2) is 0 Å². The first-order valence-corrected chi connectivity index (χ1v) is 6.29. The summed E-state index contributed by atoms with van der Waals surface area (Å²) in [6.45, 7) is 1.91. The second kappa shape index (κ2) is 5.51. The van der Waals surface area contributed by atoms with E-state index in [1.165, 1.54) is 18.2 Å². The van der Waals surface area contributed by atoms with Crippen LogP contribution < -0.4 is 5.32 Å². The van der Waals surface area contributed by atoms with Gasteiger partial charge in [0.2, 0.25) is 0 Å². The van der Waals surface area contributed by atoms with Crippen molar-refractivity contribution in [3.8, 4) is 5.75 Å². The largest absolute Gasteiger partial charge is 0.506 e. The number of rotatable bonds is 2. The highest BCUT2D eigenvalue weighted by Crippen LogP contribution is 2.26. The number of phenolic OH excluding ortho intramolecular Hbond substituents is 1. The van der Waals surface area contributed by atoms with Crippen molar-refractivity contribution < 1.29 is 9.90 Å². The van der Waals surface area contributed by atoms with Crippen molar-refractivity contribution in [2.24, 2.45) is 0 Å². The lowest BCUT2D eigenvalue weighted by Crippen LogP contribution is -2.12. The number of hydrogen-bond donors (Lipinski definition) is 2. The maximum absolute atomic E-state index is 12.0. The van der Waals surface area contributed by atoms with Crippen molar-refractivity contribution in [3.63, 3.8) is 0 Å². The standard InChI is InChI=1S/C14H11Cl2NO2/c1-8-2-4-12(10(15)6-8)17-14(19)9-3-5-13(18)11(16)7-9/h2-7,18H,1H3,(H,17,19). The van der Waals surface area contributed by atoms with Crippen LogP contribution in [0, 0.1) is 6.92 Å². The average molecular weight is 296 g/mol. The molecule has 5 heteroatoms. The summed E-state index contributed by atoms with van der Waals surface area (Å²) in [7, 11) is 0. The third kappa shape index (κ3) is 3.19. The third-order valence-electron chi connectivity index (χ3n) is 2.58. The van der Waals surface area contributed by atoms with Crippen molar-refractivity contribution >= 4 is 34.8 Å². The first-order valence-electron chi connectivity index (χ1n) is 5.53. The van der Waals surface area contributed by atoms with E-state index < -0.39 is 0 Å². The lowest BCUT2D eigenvalue weighted by Gasteiger charge is -2.08. The van der Waals surface area contributed by atoms with Gasteiger partial charge in [-0.1, -0.05) is 29.3 Å². The number of aromatic hydroxyl groups is 1. The molecule has 19 heavy (non-hydrogen) atoms. The molecule has 3 nitrogen and oxygen atoms in total. The molecular weight excluding hydrogens is 285 g/mol. The van der Waals surface area contributed by atoms with Gasteiger partial charge in [0, 0.05) is 5.56 Å². The fourth-order valence-corrected chi connectivity index (χ4v) is 2.03. The summed E-state index contributed by atoms with van der Waals surface area (Å²) in [6.07, 6.45) is 0. The van der Waals surface area contributed by atoms with E-state index in [1.807, 2.05) is 13.0 Å². The molecule has 1 amide bonds. The van der Waals surface area contributed by atoms with Crippen molar-refractivity contribution in [3.05, 3.63) is 57.6 Å². The summed E-state index contributed by atoms with van der Waals surface area (Å²) in [6, 6.07) is 9.60. The van der Waals surface area contributed by atoms with Crippen LogP contribution in [-0.4, -0.2) is 11.0 Å². The van der Waals surface area contributed by atoms with Crippen LogP contribution in [-0.2, 0) is 0 Å². The van der Waals surface area contributed by atoms with Crippen molar-refractivity contribution in [2.45, 2.75) is 6.92 Å². The molecule has 0 atom stereocenters. The van der Waals surface area contributed by atoms with Crippen LogP contribution in [0.25, 0.3) is 0 Å². The SMILES string of the molecule is Cc1ccc(NC(=O)c2ccc(O)c(Cl)c2)c(Cl)c1. The van der Waals surface area contributed by atoms with Gasteiger partial charge >= 0.3 is 0 Å². The summed E-state index contributed by atoms with van der Waals surface area (Å²) in [5, 5.41) is 12.6. The van der Waals surface area contributed by atoms with Gasteiger partial charge in [-0.05, 0) is 42.8 Å². The highest BCUT2D eigenvalue weighted by Gasteiger charge is 2.10. The second-order valence-corrected chi connectivity index (χ2v) is 4.92. The molecule has 2 N–H and O–H groups in total. The number of halogens is 2. The van der Waals surface area contributed by atoms with Crippen molar-refractivity contribution in [1.29, 1.82) is 0 Å². The van der Waals surface area contributed by atoms with E-state index in [-0.39, 0.29) is 16.7 Å². The minimum absolute atomic E-state index is 0.0633. The first-order chi connectivity index (χ1) is 8.97. The van der Waals surface area contributed by atoms with Crippen LogP contribution in [0.5, 0.6) is 5.75 Å². The molecule has 2 aromatic carbocycles. The predicted octanol–water partition coefficient (Wildman–Crippen LogP) is 4.26. The maximum Gasteiger partial charge on any atom is 0.255 e. The molecule has 0 bridgehead atoms. The summed E-state index contributed by atoms with van der Waals surface area (Å²) >= 11 is 11.8. The molecule has 0 radical (unpaired) electrons. The molecule has 0 aromatic heterocycles. The number of amides is 1. The Kier molecular flexibility index (Phi) is 3.98. The molecule has 0 aliphatic carbocycles. The van der Waals surface area contributed by atoms with Gasteiger partial charge in [-0.15, -0.1) is 0 Å². The molecule has 2 aromatic rings. The molecule has 0 heterocycles. The fourth-order valence-electron chi connectivity index (χ4n) is 1.56. The molecule has 2 rings (SSSR count).